The fraction of sp³-hybridized carbons (Fsp3) is 0.116. The predicted octanol–water partition coefficient (Wildman–Crippen LogP) is 11.1. The van der Waals surface area contributed by atoms with Crippen molar-refractivity contribution in [2.45, 2.75) is 31.8 Å². The van der Waals surface area contributed by atoms with Crippen LogP contribution in [0.15, 0.2) is 133 Å². The molecule has 210 valence electrons. The summed E-state index contributed by atoms with van der Waals surface area (Å²) in [6.45, 7) is 6.86. The number of hydrogen-bond donors (Lipinski definition) is 0. The highest BCUT2D eigenvalue weighted by Gasteiger charge is 2.44. The van der Waals surface area contributed by atoms with Crippen molar-refractivity contribution in [2.75, 3.05) is 0 Å². The van der Waals surface area contributed by atoms with Gasteiger partial charge in [0.1, 0.15) is 5.75 Å². The molecule has 1 unspecified atom stereocenters. The largest absolute Gasteiger partial charge is 0.472 e. The van der Waals surface area contributed by atoms with Gasteiger partial charge >= 0.3 is 0 Å². The second-order valence-electron chi connectivity index (χ2n) is 12.9. The molecule has 0 bridgehead atoms. The van der Waals surface area contributed by atoms with Crippen LogP contribution in [0.5, 0.6) is 5.75 Å². The predicted molar refractivity (Wildman–Crippen MR) is 185 cm³/mol. The highest BCUT2D eigenvalue weighted by atomic mass is 16.5. The summed E-state index contributed by atoms with van der Waals surface area (Å²) < 4.78 is 7.63. The molecule has 0 fully saturated rings. The number of aryl methyl sites for hydroxylation is 1. The maximum atomic E-state index is 7.63. The van der Waals surface area contributed by atoms with Crippen LogP contribution >= 0.6 is 0 Å². The van der Waals surface area contributed by atoms with Gasteiger partial charge in [0.2, 0.25) is 0 Å². The first-order chi connectivity index (χ1) is 21.5. The summed E-state index contributed by atoms with van der Waals surface area (Å²) >= 11 is 0. The molecule has 2 aliphatic rings. The van der Waals surface area contributed by atoms with E-state index in [9.17, 15) is 0 Å². The molecule has 0 aromatic heterocycles. The normalized spacial score (nSPS) is 17.8. The van der Waals surface area contributed by atoms with Crippen LogP contribution in [0.1, 0.15) is 47.2 Å². The zero-order valence-corrected chi connectivity index (χ0v) is 25.2. The van der Waals surface area contributed by atoms with Crippen molar-refractivity contribution >= 4 is 38.4 Å². The van der Waals surface area contributed by atoms with E-state index in [-0.39, 0.29) is 5.41 Å². The van der Waals surface area contributed by atoms with Gasteiger partial charge < -0.3 is 4.74 Å². The van der Waals surface area contributed by atoms with Crippen LogP contribution in [-0.2, 0) is 11.0 Å². The molecular formula is C43H32O. The SMILES string of the molecule is Cc1ccc(C2(c3cc4ccccc4c4ccccc34)C=Cc3c4c(c5ccccc5c3O2)-c2ccccc2C4(C)C)cc1. The minimum atomic E-state index is -0.822. The Hall–Kier alpha value is -5.14. The molecule has 1 aliphatic heterocycles. The van der Waals surface area contributed by atoms with Gasteiger partial charge in [-0.25, -0.2) is 0 Å². The zero-order valence-electron chi connectivity index (χ0n) is 25.2. The fourth-order valence-electron chi connectivity index (χ4n) is 8.02. The quantitative estimate of drug-likeness (QED) is 0.190. The highest BCUT2D eigenvalue weighted by Crippen LogP contribution is 2.58. The van der Waals surface area contributed by atoms with E-state index in [1.807, 2.05) is 0 Å². The summed E-state index contributed by atoms with van der Waals surface area (Å²) in [5, 5.41) is 7.32. The number of rotatable bonds is 2. The number of ether oxygens (including phenoxy) is 1. The lowest BCUT2D eigenvalue weighted by molar-refractivity contribution is 0.165. The Morgan fingerprint density at radius 3 is 2.00 bits per heavy atom. The molecule has 7 aromatic carbocycles. The Morgan fingerprint density at radius 1 is 0.568 bits per heavy atom. The Balaban J connectivity index is 1.41. The van der Waals surface area contributed by atoms with E-state index in [1.54, 1.807) is 0 Å². The number of benzene rings is 7. The molecule has 0 spiro atoms. The first-order valence-corrected chi connectivity index (χ1v) is 15.5. The fourth-order valence-corrected chi connectivity index (χ4v) is 8.02. The molecule has 0 amide bonds. The average molecular weight is 565 g/mol. The first kappa shape index (κ1) is 25.4. The summed E-state index contributed by atoms with van der Waals surface area (Å²) in [4.78, 5) is 0. The summed E-state index contributed by atoms with van der Waals surface area (Å²) in [6, 6.07) is 46.4. The smallest absolute Gasteiger partial charge is 0.178 e. The third-order valence-corrected chi connectivity index (χ3v) is 10.1. The Labute approximate surface area is 258 Å². The molecule has 0 saturated heterocycles. The number of hydrogen-bond acceptors (Lipinski definition) is 1. The standard InChI is InChI=1S/C43H32O/c1-27-20-22-29(23-21-27)43(38-26-28-12-4-5-13-30(28)31-14-6-7-15-32(31)38)25-24-36-40-39(33-16-8-9-17-34(33)41(36)44-43)35-18-10-11-19-37(35)42(40,2)3/h4-26H,1-3H3. The van der Waals surface area contributed by atoms with Crippen LogP contribution in [0.2, 0.25) is 0 Å². The van der Waals surface area contributed by atoms with Gasteiger partial charge in [-0.15, -0.1) is 0 Å². The minimum absolute atomic E-state index is 0.159. The molecule has 1 heteroatoms. The monoisotopic (exact) mass is 564 g/mol. The molecule has 7 aromatic rings. The maximum Gasteiger partial charge on any atom is 0.178 e. The molecule has 1 atom stereocenters. The maximum absolute atomic E-state index is 7.63. The number of fused-ring (bicyclic) bond motifs is 11. The van der Waals surface area contributed by atoms with Gasteiger partial charge in [-0.3, -0.25) is 0 Å². The van der Waals surface area contributed by atoms with Crippen molar-refractivity contribution in [3.63, 3.8) is 0 Å². The summed E-state index contributed by atoms with van der Waals surface area (Å²) in [6.07, 6.45) is 4.69. The summed E-state index contributed by atoms with van der Waals surface area (Å²) in [5.41, 5.74) is 9.11. The molecule has 1 aliphatic carbocycles. The van der Waals surface area contributed by atoms with E-state index in [2.05, 4.69) is 160 Å². The lowest BCUT2D eigenvalue weighted by atomic mass is 9.76. The van der Waals surface area contributed by atoms with Gasteiger partial charge in [0, 0.05) is 27.5 Å². The van der Waals surface area contributed by atoms with Gasteiger partial charge in [0.15, 0.2) is 5.60 Å². The molecule has 1 nitrogen and oxygen atoms in total. The van der Waals surface area contributed by atoms with E-state index in [1.165, 1.54) is 60.3 Å². The van der Waals surface area contributed by atoms with E-state index in [0.717, 1.165) is 22.3 Å². The first-order valence-electron chi connectivity index (χ1n) is 15.5. The van der Waals surface area contributed by atoms with Crippen LogP contribution in [0.4, 0.5) is 0 Å². The van der Waals surface area contributed by atoms with E-state index in [4.69, 9.17) is 4.74 Å². The lowest BCUT2D eigenvalue weighted by Crippen LogP contribution is -2.35. The Morgan fingerprint density at radius 2 is 1.20 bits per heavy atom. The second kappa shape index (κ2) is 8.94. The van der Waals surface area contributed by atoms with Crippen LogP contribution in [-0.4, -0.2) is 0 Å². The van der Waals surface area contributed by atoms with Crippen molar-refractivity contribution in [3.8, 4) is 16.9 Å². The van der Waals surface area contributed by atoms with Crippen molar-refractivity contribution in [3.05, 3.63) is 167 Å². The second-order valence-corrected chi connectivity index (χ2v) is 12.9. The molecular weight excluding hydrogens is 532 g/mol. The van der Waals surface area contributed by atoms with Crippen molar-refractivity contribution in [2.24, 2.45) is 0 Å². The van der Waals surface area contributed by atoms with E-state index in [0.29, 0.717) is 0 Å². The van der Waals surface area contributed by atoms with Gasteiger partial charge in [0.25, 0.3) is 0 Å². The van der Waals surface area contributed by atoms with Crippen LogP contribution in [0, 0.1) is 6.92 Å². The van der Waals surface area contributed by atoms with Crippen LogP contribution in [0.25, 0.3) is 49.5 Å². The Kier molecular flexibility index (Phi) is 5.15. The summed E-state index contributed by atoms with van der Waals surface area (Å²) in [7, 11) is 0. The average Bonchev–Trinajstić information content (AvgIpc) is 3.31. The van der Waals surface area contributed by atoms with E-state index >= 15 is 0 Å². The third kappa shape index (κ3) is 3.30. The van der Waals surface area contributed by atoms with Crippen molar-refractivity contribution < 1.29 is 4.74 Å². The Bertz CT molecular complexity index is 2340. The molecule has 9 rings (SSSR count). The van der Waals surface area contributed by atoms with Crippen LogP contribution in [0.3, 0.4) is 0 Å². The highest BCUT2D eigenvalue weighted by molar-refractivity contribution is 6.11. The topological polar surface area (TPSA) is 9.23 Å². The van der Waals surface area contributed by atoms with Gasteiger partial charge in [-0.05, 0) is 68.3 Å². The molecule has 0 saturated carbocycles. The van der Waals surface area contributed by atoms with Crippen molar-refractivity contribution in [1.82, 2.24) is 0 Å². The van der Waals surface area contributed by atoms with E-state index < -0.39 is 5.60 Å². The van der Waals surface area contributed by atoms with Crippen molar-refractivity contribution in [1.29, 1.82) is 0 Å². The summed E-state index contributed by atoms with van der Waals surface area (Å²) in [5.74, 6) is 0.959. The molecule has 0 radical (unpaired) electrons. The lowest BCUT2D eigenvalue weighted by Gasteiger charge is -2.39. The molecule has 44 heavy (non-hydrogen) atoms. The van der Waals surface area contributed by atoms with Gasteiger partial charge in [0.05, 0.1) is 0 Å². The van der Waals surface area contributed by atoms with Gasteiger partial charge in [-0.2, -0.15) is 0 Å². The zero-order chi connectivity index (χ0) is 29.6. The third-order valence-electron chi connectivity index (χ3n) is 10.1. The molecule has 0 N–H and O–H groups in total. The minimum Gasteiger partial charge on any atom is -0.472 e. The van der Waals surface area contributed by atoms with Gasteiger partial charge in [-0.1, -0.05) is 147 Å². The molecule has 1 heterocycles. The van der Waals surface area contributed by atoms with Crippen LogP contribution < -0.4 is 4.74 Å².